The third-order valence-corrected chi connectivity index (χ3v) is 3.19. The van der Waals surface area contributed by atoms with Crippen molar-refractivity contribution in [2.75, 3.05) is 13.1 Å². The molecule has 1 heterocycles. The fraction of sp³-hybridized carbons (Fsp3) is 0.875. The monoisotopic (exact) mass is 207 g/mol. The maximum atomic E-state index is 12.7. The van der Waals surface area contributed by atoms with Crippen molar-refractivity contribution in [3.05, 3.63) is 0 Å². The van der Waals surface area contributed by atoms with Crippen LogP contribution < -0.4 is 0 Å². The van der Waals surface area contributed by atoms with Gasteiger partial charge in [-0.1, -0.05) is 11.9 Å². The maximum absolute atomic E-state index is 12.7. The first-order chi connectivity index (χ1) is 5.92. The maximum Gasteiger partial charge on any atom is 0.320 e. The molecule has 76 valence electrons. The number of carboxylic acid groups (broad SMARTS) is 1. The lowest BCUT2D eigenvalue weighted by atomic mass is 10.2. The van der Waals surface area contributed by atoms with Gasteiger partial charge in [0, 0.05) is 13.1 Å². The van der Waals surface area contributed by atoms with E-state index in [2.05, 4.69) is 0 Å². The zero-order chi connectivity index (χ0) is 10.1. The number of aliphatic carboxylic acids is 1. The average Bonchev–Trinajstić information content (AvgIpc) is 2.34. The number of nitrogens with zero attached hydrogens (tertiary/aromatic N) is 1. The summed E-state index contributed by atoms with van der Waals surface area (Å²) in [6.45, 7) is 4.25. The van der Waals surface area contributed by atoms with Gasteiger partial charge in [-0.25, -0.2) is 8.70 Å². The molecule has 1 atom stereocenters. The molecule has 0 amide bonds. The first kappa shape index (κ1) is 10.8. The van der Waals surface area contributed by atoms with Crippen molar-refractivity contribution in [3.8, 4) is 0 Å². The Morgan fingerprint density at radius 3 is 2.69 bits per heavy atom. The van der Waals surface area contributed by atoms with E-state index >= 15 is 0 Å². The van der Waals surface area contributed by atoms with Gasteiger partial charge in [-0.2, -0.15) is 0 Å². The molecule has 0 spiro atoms. The lowest BCUT2D eigenvalue weighted by Crippen LogP contribution is -2.32. The van der Waals surface area contributed by atoms with Crippen molar-refractivity contribution in [1.29, 1.82) is 0 Å². The predicted molar refractivity (Wildman–Crippen MR) is 50.4 cm³/mol. The van der Waals surface area contributed by atoms with Crippen LogP contribution in [-0.4, -0.2) is 39.4 Å². The number of rotatable bonds is 3. The minimum Gasteiger partial charge on any atom is -0.480 e. The predicted octanol–water partition coefficient (Wildman–Crippen LogP) is 1.54. The number of halogens is 1. The summed E-state index contributed by atoms with van der Waals surface area (Å²) in [4.78, 5) is 10.7. The number of hydrogen-bond acceptors (Lipinski definition) is 3. The summed E-state index contributed by atoms with van der Waals surface area (Å²) in [6.07, 6.45) is -0.278. The molecule has 0 aromatic heterocycles. The van der Waals surface area contributed by atoms with E-state index in [0.717, 1.165) is 0 Å². The van der Waals surface area contributed by atoms with E-state index < -0.39 is 16.9 Å². The van der Waals surface area contributed by atoms with Crippen LogP contribution in [0.15, 0.2) is 0 Å². The van der Waals surface area contributed by atoms with Crippen LogP contribution in [0.25, 0.3) is 0 Å². The fourth-order valence-electron chi connectivity index (χ4n) is 1.13. The SMILES string of the molecule is CC(C)(SN1CCC(F)C1)C(=O)O. The average molecular weight is 207 g/mol. The largest absolute Gasteiger partial charge is 0.480 e. The zero-order valence-electron chi connectivity index (χ0n) is 7.79. The van der Waals surface area contributed by atoms with E-state index in [9.17, 15) is 9.18 Å². The van der Waals surface area contributed by atoms with Gasteiger partial charge in [-0.3, -0.25) is 4.79 Å². The summed E-state index contributed by atoms with van der Waals surface area (Å²) in [5, 5.41) is 8.83. The summed E-state index contributed by atoms with van der Waals surface area (Å²) >= 11 is 1.22. The Morgan fingerprint density at radius 1 is 1.69 bits per heavy atom. The van der Waals surface area contributed by atoms with Crippen molar-refractivity contribution in [2.24, 2.45) is 0 Å². The molecule has 0 aromatic carbocycles. The number of alkyl halides is 1. The highest BCUT2D eigenvalue weighted by Crippen LogP contribution is 2.31. The summed E-state index contributed by atoms with van der Waals surface area (Å²) < 4.78 is 13.7. The molecule has 1 unspecified atom stereocenters. The molecule has 0 saturated carbocycles. The van der Waals surface area contributed by atoms with Crippen molar-refractivity contribution < 1.29 is 14.3 Å². The van der Waals surface area contributed by atoms with Crippen LogP contribution in [-0.2, 0) is 4.79 Å². The van der Waals surface area contributed by atoms with E-state index in [1.165, 1.54) is 11.9 Å². The van der Waals surface area contributed by atoms with E-state index in [0.29, 0.717) is 19.5 Å². The molecule has 1 saturated heterocycles. The van der Waals surface area contributed by atoms with Crippen LogP contribution in [0.4, 0.5) is 4.39 Å². The minimum absolute atomic E-state index is 0.349. The second-order valence-electron chi connectivity index (χ2n) is 3.68. The zero-order valence-corrected chi connectivity index (χ0v) is 8.60. The van der Waals surface area contributed by atoms with Crippen LogP contribution in [0.1, 0.15) is 20.3 Å². The standard InChI is InChI=1S/C8H14FNO2S/c1-8(2,7(11)12)13-10-4-3-6(9)5-10/h6H,3-5H2,1-2H3,(H,11,12). The third kappa shape index (κ3) is 2.84. The van der Waals surface area contributed by atoms with Gasteiger partial charge in [0.1, 0.15) is 10.9 Å². The molecule has 5 heteroatoms. The van der Waals surface area contributed by atoms with Crippen LogP contribution >= 0.6 is 11.9 Å². The molecule has 13 heavy (non-hydrogen) atoms. The normalized spacial score (nSPS) is 25.0. The van der Waals surface area contributed by atoms with Crippen LogP contribution in [0.3, 0.4) is 0 Å². The van der Waals surface area contributed by atoms with Crippen molar-refractivity contribution in [2.45, 2.75) is 31.2 Å². The Labute approximate surface area is 81.4 Å². The molecule has 1 aliphatic heterocycles. The highest BCUT2D eigenvalue weighted by Gasteiger charge is 2.34. The van der Waals surface area contributed by atoms with E-state index in [1.54, 1.807) is 18.2 Å². The molecule has 1 rings (SSSR count). The molecule has 0 aliphatic carbocycles. The first-order valence-corrected chi connectivity index (χ1v) is 5.00. The summed E-state index contributed by atoms with van der Waals surface area (Å²) in [6, 6.07) is 0. The molecule has 1 N–H and O–H groups in total. The molecule has 0 aromatic rings. The molecule has 1 aliphatic rings. The van der Waals surface area contributed by atoms with Crippen LogP contribution in [0.5, 0.6) is 0 Å². The Bertz CT molecular complexity index is 210. The van der Waals surface area contributed by atoms with Gasteiger partial charge in [-0.05, 0) is 20.3 Å². The quantitative estimate of drug-likeness (QED) is 0.713. The van der Waals surface area contributed by atoms with Gasteiger partial charge in [0.2, 0.25) is 0 Å². The molecular formula is C8H14FNO2S. The molecule has 1 fully saturated rings. The minimum atomic E-state index is -0.861. The first-order valence-electron chi connectivity index (χ1n) is 4.23. The number of carboxylic acids is 1. The van der Waals surface area contributed by atoms with Crippen molar-refractivity contribution >= 4 is 17.9 Å². The van der Waals surface area contributed by atoms with Crippen molar-refractivity contribution in [1.82, 2.24) is 4.31 Å². The summed E-state index contributed by atoms with van der Waals surface area (Å²) in [5.41, 5.74) is 0. The Morgan fingerprint density at radius 2 is 2.31 bits per heavy atom. The Kier molecular flexibility index (Phi) is 3.18. The smallest absolute Gasteiger partial charge is 0.320 e. The molecule has 3 nitrogen and oxygen atoms in total. The topological polar surface area (TPSA) is 40.5 Å². The second-order valence-corrected chi connectivity index (χ2v) is 5.40. The van der Waals surface area contributed by atoms with Gasteiger partial charge in [0.05, 0.1) is 0 Å². The Hall–Kier alpha value is -0.290. The van der Waals surface area contributed by atoms with Gasteiger partial charge >= 0.3 is 5.97 Å². The van der Waals surface area contributed by atoms with Gasteiger partial charge < -0.3 is 5.11 Å². The number of hydrogen-bond donors (Lipinski definition) is 1. The fourth-order valence-corrected chi connectivity index (χ4v) is 2.29. The molecule has 0 radical (unpaired) electrons. The van der Waals surface area contributed by atoms with E-state index in [4.69, 9.17) is 5.11 Å². The van der Waals surface area contributed by atoms with Gasteiger partial charge in [0.15, 0.2) is 0 Å². The molecule has 0 bridgehead atoms. The Balaban J connectivity index is 2.44. The summed E-state index contributed by atoms with van der Waals surface area (Å²) in [7, 11) is 0. The van der Waals surface area contributed by atoms with Gasteiger partial charge in [0.25, 0.3) is 0 Å². The highest BCUT2D eigenvalue weighted by atomic mass is 32.2. The number of carbonyl (C=O) groups is 1. The van der Waals surface area contributed by atoms with Crippen molar-refractivity contribution in [3.63, 3.8) is 0 Å². The van der Waals surface area contributed by atoms with E-state index in [-0.39, 0.29) is 0 Å². The third-order valence-electron chi connectivity index (χ3n) is 1.97. The highest BCUT2D eigenvalue weighted by molar-refractivity contribution is 7.99. The van der Waals surface area contributed by atoms with Gasteiger partial charge in [-0.15, -0.1) is 0 Å². The second kappa shape index (κ2) is 3.84. The van der Waals surface area contributed by atoms with E-state index in [1.807, 2.05) is 0 Å². The summed E-state index contributed by atoms with van der Waals surface area (Å²) in [5.74, 6) is -0.861. The lowest BCUT2D eigenvalue weighted by Gasteiger charge is -2.24. The lowest BCUT2D eigenvalue weighted by molar-refractivity contribution is -0.138. The van der Waals surface area contributed by atoms with Crippen LogP contribution in [0.2, 0.25) is 0 Å². The molecular weight excluding hydrogens is 193 g/mol. The van der Waals surface area contributed by atoms with Crippen LogP contribution in [0, 0.1) is 0 Å².